The maximum Gasteiger partial charge on any atom is 0.255 e. The molecule has 0 heterocycles. The molecule has 0 aliphatic carbocycles. The van der Waals surface area contributed by atoms with Gasteiger partial charge in [-0.15, -0.1) is 0 Å². The van der Waals surface area contributed by atoms with Crippen molar-refractivity contribution in [1.82, 2.24) is 10.2 Å². The molecule has 0 aliphatic heterocycles. The summed E-state index contributed by atoms with van der Waals surface area (Å²) in [7, 11) is 0. The van der Waals surface area contributed by atoms with E-state index in [4.69, 9.17) is 0 Å². The lowest BCUT2D eigenvalue weighted by atomic mass is 9.98. The van der Waals surface area contributed by atoms with Gasteiger partial charge in [-0.1, -0.05) is 50.2 Å². The zero-order chi connectivity index (χ0) is 22.3. The number of rotatable bonds is 9. The van der Waals surface area contributed by atoms with Crippen molar-refractivity contribution in [2.75, 3.05) is 13.3 Å². The highest BCUT2D eigenvalue weighted by atomic mass is 16.3. The molecule has 7 nitrogen and oxygen atoms in total. The number of carbonyl (C=O) groups is 2. The first-order valence-electron chi connectivity index (χ1n) is 9.95. The molecule has 0 saturated heterocycles. The number of hydrogen-bond donors (Lipinski definition) is 4. The Morgan fingerprint density at radius 3 is 2.33 bits per heavy atom. The van der Waals surface area contributed by atoms with E-state index in [1.807, 2.05) is 44.2 Å². The Hall–Kier alpha value is -2.90. The second-order valence-corrected chi connectivity index (χ2v) is 7.76. The monoisotopic (exact) mass is 414 g/mol. The number of amides is 2. The third-order valence-corrected chi connectivity index (χ3v) is 4.87. The van der Waals surface area contributed by atoms with Gasteiger partial charge in [0.2, 0.25) is 0 Å². The fourth-order valence-electron chi connectivity index (χ4n) is 3.24. The molecule has 2 aromatic rings. The highest BCUT2D eigenvalue weighted by Gasteiger charge is 2.32. The second kappa shape index (κ2) is 10.8. The van der Waals surface area contributed by atoms with E-state index in [2.05, 4.69) is 5.32 Å². The molecule has 4 N–H and O–H groups in total. The molecule has 0 saturated carbocycles. The van der Waals surface area contributed by atoms with Crippen LogP contribution in [0, 0.1) is 12.8 Å². The Balaban J connectivity index is 2.28. The van der Waals surface area contributed by atoms with Gasteiger partial charge in [0.05, 0.1) is 6.04 Å². The van der Waals surface area contributed by atoms with Crippen molar-refractivity contribution in [3.63, 3.8) is 0 Å². The maximum absolute atomic E-state index is 12.9. The third kappa shape index (κ3) is 6.05. The molecule has 0 fully saturated rings. The highest BCUT2D eigenvalue weighted by Crippen LogP contribution is 2.20. The number of carbonyl (C=O) groups excluding carboxylic acids is 2. The van der Waals surface area contributed by atoms with E-state index >= 15 is 0 Å². The zero-order valence-electron chi connectivity index (χ0n) is 17.6. The summed E-state index contributed by atoms with van der Waals surface area (Å²) in [6.45, 7) is 5.18. The number of nitrogens with one attached hydrogen (secondary N) is 1. The molecule has 0 aromatic heterocycles. The van der Waals surface area contributed by atoms with Crippen LogP contribution in [0.4, 0.5) is 0 Å². The molecule has 0 aliphatic rings. The Morgan fingerprint density at radius 2 is 1.73 bits per heavy atom. The molecular formula is C23H30N2O5. The lowest BCUT2D eigenvalue weighted by Gasteiger charge is -2.29. The first-order valence-corrected chi connectivity index (χ1v) is 9.95. The SMILES string of the molecule is Cc1c(O)cccc1C(=O)NC(Cc1ccccc1)C(O)C(=O)N(CO)CC(C)C. The summed E-state index contributed by atoms with van der Waals surface area (Å²) < 4.78 is 0. The summed E-state index contributed by atoms with van der Waals surface area (Å²) in [6.07, 6.45) is -1.32. The molecule has 30 heavy (non-hydrogen) atoms. The van der Waals surface area contributed by atoms with Gasteiger partial charge in [0, 0.05) is 17.7 Å². The highest BCUT2D eigenvalue weighted by molar-refractivity contribution is 5.97. The van der Waals surface area contributed by atoms with Crippen LogP contribution in [0.5, 0.6) is 5.75 Å². The largest absolute Gasteiger partial charge is 0.508 e. The van der Waals surface area contributed by atoms with E-state index in [0.29, 0.717) is 5.56 Å². The second-order valence-electron chi connectivity index (χ2n) is 7.76. The number of benzene rings is 2. The fraction of sp³-hybridized carbons (Fsp3) is 0.391. The molecule has 0 bridgehead atoms. The smallest absolute Gasteiger partial charge is 0.255 e. The van der Waals surface area contributed by atoms with Gasteiger partial charge in [0.1, 0.15) is 12.5 Å². The minimum absolute atomic E-state index is 0.0118. The standard InChI is InChI=1S/C23H30N2O5/c1-15(2)13-25(14-26)23(30)21(28)19(12-17-8-5-4-6-9-17)24-22(29)18-10-7-11-20(27)16(18)3/h4-11,15,19,21,26-28H,12-14H2,1-3H3,(H,24,29). The van der Waals surface area contributed by atoms with Crippen LogP contribution in [0.3, 0.4) is 0 Å². The van der Waals surface area contributed by atoms with Gasteiger partial charge in [-0.05, 0) is 37.0 Å². The number of aliphatic hydroxyl groups excluding tert-OH is 2. The van der Waals surface area contributed by atoms with Crippen molar-refractivity contribution in [3.8, 4) is 5.75 Å². The molecule has 0 radical (unpaired) electrons. The molecule has 2 rings (SSSR count). The van der Waals surface area contributed by atoms with Crippen molar-refractivity contribution >= 4 is 11.8 Å². The van der Waals surface area contributed by atoms with Crippen molar-refractivity contribution in [2.24, 2.45) is 5.92 Å². The van der Waals surface area contributed by atoms with Gasteiger partial charge in [0.25, 0.3) is 11.8 Å². The van der Waals surface area contributed by atoms with E-state index in [9.17, 15) is 24.9 Å². The molecule has 2 atom stereocenters. The van der Waals surface area contributed by atoms with Crippen LogP contribution in [-0.4, -0.2) is 57.5 Å². The van der Waals surface area contributed by atoms with Gasteiger partial charge < -0.3 is 25.5 Å². The van der Waals surface area contributed by atoms with E-state index < -0.39 is 30.7 Å². The number of aliphatic hydroxyl groups is 2. The minimum atomic E-state index is -1.54. The lowest BCUT2D eigenvalue weighted by Crippen LogP contribution is -2.53. The summed E-state index contributed by atoms with van der Waals surface area (Å²) in [5.74, 6) is -1.07. The summed E-state index contributed by atoms with van der Waals surface area (Å²) in [6, 6.07) is 12.9. The predicted molar refractivity (Wildman–Crippen MR) is 114 cm³/mol. The van der Waals surface area contributed by atoms with Crippen molar-refractivity contribution in [2.45, 2.75) is 39.3 Å². The first kappa shape index (κ1) is 23.4. The average Bonchev–Trinajstić information content (AvgIpc) is 2.73. The molecule has 0 spiro atoms. The van der Waals surface area contributed by atoms with Gasteiger partial charge in [-0.2, -0.15) is 0 Å². The van der Waals surface area contributed by atoms with Crippen LogP contribution in [-0.2, 0) is 11.2 Å². The van der Waals surface area contributed by atoms with Crippen LogP contribution in [0.1, 0.15) is 35.3 Å². The maximum atomic E-state index is 12.9. The molecule has 2 aromatic carbocycles. The van der Waals surface area contributed by atoms with Crippen LogP contribution >= 0.6 is 0 Å². The van der Waals surface area contributed by atoms with Gasteiger partial charge in [0.15, 0.2) is 6.10 Å². The van der Waals surface area contributed by atoms with Crippen LogP contribution < -0.4 is 5.32 Å². The van der Waals surface area contributed by atoms with Crippen LogP contribution in [0.2, 0.25) is 0 Å². The Kier molecular flexibility index (Phi) is 8.38. The van der Waals surface area contributed by atoms with Crippen LogP contribution in [0.25, 0.3) is 0 Å². The first-order chi connectivity index (χ1) is 14.2. The summed E-state index contributed by atoms with van der Waals surface area (Å²) in [5.41, 5.74) is 1.50. The fourth-order valence-corrected chi connectivity index (χ4v) is 3.24. The van der Waals surface area contributed by atoms with Gasteiger partial charge >= 0.3 is 0 Å². The number of aromatic hydroxyl groups is 1. The van der Waals surface area contributed by atoms with Gasteiger partial charge in [-0.3, -0.25) is 9.59 Å². The Morgan fingerprint density at radius 1 is 1.07 bits per heavy atom. The number of phenols is 1. The van der Waals surface area contributed by atoms with Crippen molar-refractivity contribution in [1.29, 1.82) is 0 Å². The molecule has 7 heteroatoms. The van der Waals surface area contributed by atoms with Crippen molar-refractivity contribution in [3.05, 3.63) is 65.2 Å². The van der Waals surface area contributed by atoms with E-state index in [-0.39, 0.29) is 30.2 Å². The molecule has 162 valence electrons. The number of hydrogen-bond acceptors (Lipinski definition) is 5. The average molecular weight is 415 g/mol. The van der Waals surface area contributed by atoms with E-state index in [1.165, 1.54) is 11.0 Å². The van der Waals surface area contributed by atoms with Crippen LogP contribution in [0.15, 0.2) is 48.5 Å². The number of nitrogens with zero attached hydrogens (tertiary/aromatic N) is 1. The quantitative estimate of drug-likeness (QED) is 0.468. The van der Waals surface area contributed by atoms with Gasteiger partial charge in [-0.25, -0.2) is 0 Å². The lowest BCUT2D eigenvalue weighted by molar-refractivity contribution is -0.146. The Bertz CT molecular complexity index is 854. The normalized spacial score (nSPS) is 13.0. The summed E-state index contributed by atoms with van der Waals surface area (Å²) >= 11 is 0. The van der Waals surface area contributed by atoms with Crippen molar-refractivity contribution < 1.29 is 24.9 Å². The third-order valence-electron chi connectivity index (χ3n) is 4.87. The van der Waals surface area contributed by atoms with E-state index in [0.717, 1.165) is 5.56 Å². The molecule has 2 amide bonds. The molecule has 2 unspecified atom stereocenters. The summed E-state index contributed by atoms with van der Waals surface area (Å²) in [4.78, 5) is 26.8. The zero-order valence-corrected chi connectivity index (χ0v) is 17.6. The molecular weight excluding hydrogens is 384 g/mol. The Labute approximate surface area is 177 Å². The summed E-state index contributed by atoms with van der Waals surface area (Å²) in [5, 5.41) is 33.0. The number of phenolic OH excluding ortho intramolecular Hbond substituents is 1. The topological polar surface area (TPSA) is 110 Å². The minimum Gasteiger partial charge on any atom is -0.508 e. The predicted octanol–water partition coefficient (Wildman–Crippen LogP) is 1.84. The van der Waals surface area contributed by atoms with E-state index in [1.54, 1.807) is 19.1 Å².